The summed E-state index contributed by atoms with van der Waals surface area (Å²) in [5, 5.41) is 12.8. The third-order valence-corrected chi connectivity index (χ3v) is 6.44. The van der Waals surface area contributed by atoms with Gasteiger partial charge >= 0.3 is 0 Å². The Morgan fingerprint density at radius 3 is 2.61 bits per heavy atom. The molecule has 0 atom stereocenters. The van der Waals surface area contributed by atoms with Gasteiger partial charge in [-0.25, -0.2) is 23.5 Å². The summed E-state index contributed by atoms with van der Waals surface area (Å²) in [4.78, 5) is 8.87. The van der Waals surface area contributed by atoms with Crippen LogP contribution in [0.15, 0.2) is 53.7 Å². The van der Waals surface area contributed by atoms with Gasteiger partial charge in [-0.3, -0.25) is 0 Å². The van der Waals surface area contributed by atoms with Crippen LogP contribution in [0.5, 0.6) is 5.75 Å². The number of primary sulfonamides is 1. The highest BCUT2D eigenvalue weighted by Crippen LogP contribution is 2.25. The van der Waals surface area contributed by atoms with Crippen molar-refractivity contribution in [2.75, 3.05) is 31.6 Å². The molecular weight excluding hydrogens is 414 g/mol. The Bertz CT molecular complexity index is 1130. The molecule has 1 aliphatic rings. The molecule has 4 rings (SSSR count). The zero-order valence-corrected chi connectivity index (χ0v) is 18.1. The predicted molar refractivity (Wildman–Crippen MR) is 121 cm³/mol. The molecule has 164 valence electrons. The molecule has 0 radical (unpaired) electrons. The van der Waals surface area contributed by atoms with E-state index in [-0.39, 0.29) is 4.90 Å². The summed E-state index contributed by atoms with van der Waals surface area (Å²) >= 11 is 0. The maximum atomic E-state index is 11.4. The molecule has 0 amide bonds. The van der Waals surface area contributed by atoms with Crippen molar-refractivity contribution in [1.82, 2.24) is 15.3 Å². The van der Waals surface area contributed by atoms with Crippen molar-refractivity contribution < 1.29 is 13.2 Å². The highest BCUT2D eigenvalue weighted by Gasteiger charge is 2.14. The monoisotopic (exact) mass is 441 g/mol. The van der Waals surface area contributed by atoms with E-state index in [1.165, 1.54) is 12.1 Å². The fourth-order valence-electron chi connectivity index (χ4n) is 3.70. The predicted octanol–water partition coefficient (Wildman–Crippen LogP) is 2.31. The molecule has 2 aromatic carbocycles. The molecule has 0 saturated carbocycles. The fraction of sp³-hybridized carbons (Fsp3) is 0.364. The molecule has 1 saturated heterocycles. The van der Waals surface area contributed by atoms with Gasteiger partial charge < -0.3 is 15.4 Å². The summed E-state index contributed by atoms with van der Waals surface area (Å²) < 4.78 is 28.7. The molecule has 9 heteroatoms. The minimum absolute atomic E-state index is 0.115. The highest BCUT2D eigenvalue weighted by molar-refractivity contribution is 7.89. The molecule has 1 aliphatic heterocycles. The minimum Gasteiger partial charge on any atom is -0.493 e. The molecule has 3 aromatic rings. The highest BCUT2D eigenvalue weighted by atomic mass is 32.2. The van der Waals surface area contributed by atoms with E-state index in [9.17, 15) is 8.42 Å². The molecule has 31 heavy (non-hydrogen) atoms. The number of rotatable bonds is 8. The zero-order valence-electron chi connectivity index (χ0n) is 17.3. The van der Waals surface area contributed by atoms with Gasteiger partial charge in [-0.05, 0) is 68.1 Å². The summed E-state index contributed by atoms with van der Waals surface area (Å²) in [5.41, 5.74) is 1.84. The lowest BCUT2D eigenvalue weighted by atomic mass is 9.99. The van der Waals surface area contributed by atoms with Gasteiger partial charge in [0.15, 0.2) is 0 Å². The number of nitrogens with zero attached hydrogens (tertiary/aromatic N) is 2. The zero-order chi connectivity index (χ0) is 21.7. The molecule has 2 heterocycles. The van der Waals surface area contributed by atoms with E-state index in [0.717, 1.165) is 60.6 Å². The van der Waals surface area contributed by atoms with Crippen molar-refractivity contribution in [2.24, 2.45) is 11.1 Å². The number of hydrogen-bond donors (Lipinski definition) is 3. The molecule has 1 aromatic heterocycles. The van der Waals surface area contributed by atoms with Gasteiger partial charge in [-0.15, -0.1) is 0 Å². The quantitative estimate of drug-likeness (QED) is 0.491. The Kier molecular flexibility index (Phi) is 6.64. The number of sulfonamides is 1. The van der Waals surface area contributed by atoms with Gasteiger partial charge in [0.25, 0.3) is 0 Å². The molecule has 0 aliphatic carbocycles. The molecular formula is C22H27N5O3S. The summed E-state index contributed by atoms with van der Waals surface area (Å²) in [7, 11) is -3.67. The van der Waals surface area contributed by atoms with E-state index in [0.29, 0.717) is 18.9 Å². The number of hydrogen-bond acceptors (Lipinski definition) is 7. The number of aromatic nitrogens is 2. The summed E-state index contributed by atoms with van der Waals surface area (Å²) in [6.07, 6.45) is 4.55. The van der Waals surface area contributed by atoms with Crippen molar-refractivity contribution in [2.45, 2.75) is 24.2 Å². The van der Waals surface area contributed by atoms with Crippen LogP contribution in [0.4, 0.5) is 5.82 Å². The maximum Gasteiger partial charge on any atom is 0.238 e. The van der Waals surface area contributed by atoms with Crippen LogP contribution in [0.2, 0.25) is 0 Å². The average molecular weight is 442 g/mol. The average Bonchev–Trinajstić information content (AvgIpc) is 2.78. The Balaban J connectivity index is 1.36. The maximum absolute atomic E-state index is 11.4. The van der Waals surface area contributed by atoms with Gasteiger partial charge in [0.2, 0.25) is 10.0 Å². The molecule has 0 unspecified atom stereocenters. The van der Waals surface area contributed by atoms with E-state index in [1.807, 2.05) is 18.2 Å². The topological polar surface area (TPSA) is 119 Å². The second-order valence-corrected chi connectivity index (χ2v) is 9.33. The van der Waals surface area contributed by atoms with Crippen molar-refractivity contribution >= 4 is 26.7 Å². The Hall–Kier alpha value is -2.75. The summed E-state index contributed by atoms with van der Waals surface area (Å²) in [6, 6.07) is 12.5. The Morgan fingerprint density at radius 2 is 1.87 bits per heavy atom. The van der Waals surface area contributed by atoms with Crippen LogP contribution in [-0.4, -0.2) is 44.6 Å². The van der Waals surface area contributed by atoms with E-state index < -0.39 is 10.0 Å². The molecule has 8 nitrogen and oxygen atoms in total. The minimum atomic E-state index is -3.67. The Morgan fingerprint density at radius 1 is 1.10 bits per heavy atom. The van der Waals surface area contributed by atoms with Crippen LogP contribution < -0.4 is 20.5 Å². The lowest BCUT2D eigenvalue weighted by Crippen LogP contribution is -2.30. The van der Waals surface area contributed by atoms with Crippen LogP contribution in [-0.2, 0) is 16.4 Å². The van der Waals surface area contributed by atoms with Crippen LogP contribution >= 0.6 is 0 Å². The first-order valence-electron chi connectivity index (χ1n) is 10.4. The third kappa shape index (κ3) is 5.69. The second-order valence-electron chi connectivity index (χ2n) is 7.77. The first kappa shape index (κ1) is 21.5. The standard InChI is InChI=1S/C22H27N5O3S/c23-31(28,29)19-4-1-16(2-5-19)9-12-25-22-20-6-3-18(13-21(20)26-15-27-22)30-14-17-7-10-24-11-8-17/h1-6,13,15,17,24H,7-12,14H2,(H2,23,28,29)(H,25,26,27). The van der Waals surface area contributed by atoms with Crippen LogP contribution in [0.1, 0.15) is 18.4 Å². The first-order chi connectivity index (χ1) is 15.0. The molecule has 4 N–H and O–H groups in total. The van der Waals surface area contributed by atoms with Gasteiger partial charge in [0, 0.05) is 18.0 Å². The summed E-state index contributed by atoms with van der Waals surface area (Å²) in [5.74, 6) is 2.18. The Labute approximate surface area is 182 Å². The smallest absolute Gasteiger partial charge is 0.238 e. The van der Waals surface area contributed by atoms with E-state index in [1.54, 1.807) is 18.5 Å². The third-order valence-electron chi connectivity index (χ3n) is 5.51. The SMILES string of the molecule is NS(=O)(=O)c1ccc(CCNc2ncnc3cc(OCC4CCNCC4)ccc23)cc1. The van der Waals surface area contributed by atoms with Crippen molar-refractivity contribution in [3.63, 3.8) is 0 Å². The lowest BCUT2D eigenvalue weighted by molar-refractivity contribution is 0.215. The number of nitrogens with one attached hydrogen (secondary N) is 2. The van der Waals surface area contributed by atoms with E-state index in [4.69, 9.17) is 9.88 Å². The van der Waals surface area contributed by atoms with Crippen molar-refractivity contribution in [3.8, 4) is 5.75 Å². The van der Waals surface area contributed by atoms with Crippen LogP contribution in [0.3, 0.4) is 0 Å². The first-order valence-corrected chi connectivity index (χ1v) is 12.0. The second kappa shape index (κ2) is 9.59. The number of fused-ring (bicyclic) bond motifs is 1. The van der Waals surface area contributed by atoms with Gasteiger partial charge in [0.05, 0.1) is 17.0 Å². The fourth-order valence-corrected chi connectivity index (χ4v) is 4.22. The van der Waals surface area contributed by atoms with Gasteiger partial charge in [-0.1, -0.05) is 12.1 Å². The van der Waals surface area contributed by atoms with Gasteiger partial charge in [-0.2, -0.15) is 0 Å². The number of nitrogens with two attached hydrogens (primary N) is 1. The largest absolute Gasteiger partial charge is 0.493 e. The van der Waals surface area contributed by atoms with E-state index in [2.05, 4.69) is 20.6 Å². The normalized spacial score (nSPS) is 15.1. The summed E-state index contributed by atoms with van der Waals surface area (Å²) in [6.45, 7) is 3.50. The molecule has 1 fully saturated rings. The van der Waals surface area contributed by atoms with Crippen molar-refractivity contribution in [3.05, 3.63) is 54.4 Å². The molecule has 0 bridgehead atoms. The van der Waals surface area contributed by atoms with E-state index >= 15 is 0 Å². The lowest BCUT2D eigenvalue weighted by Gasteiger charge is -2.22. The van der Waals surface area contributed by atoms with Gasteiger partial charge in [0.1, 0.15) is 17.9 Å². The van der Waals surface area contributed by atoms with Crippen LogP contribution in [0.25, 0.3) is 10.9 Å². The number of anilines is 1. The number of ether oxygens (including phenoxy) is 1. The molecule has 0 spiro atoms. The number of benzene rings is 2. The van der Waals surface area contributed by atoms with Crippen LogP contribution in [0, 0.1) is 5.92 Å². The van der Waals surface area contributed by atoms with Crippen molar-refractivity contribution in [1.29, 1.82) is 0 Å². The number of piperidine rings is 1.